The molecule has 21 heavy (non-hydrogen) atoms. The molecule has 0 saturated carbocycles. The van der Waals surface area contributed by atoms with Crippen LogP contribution in [0.1, 0.15) is 27.4 Å². The van der Waals surface area contributed by atoms with E-state index >= 15 is 0 Å². The highest BCUT2D eigenvalue weighted by Gasteiger charge is 2.37. The summed E-state index contributed by atoms with van der Waals surface area (Å²) in [6, 6.07) is 12.4. The maximum absolute atomic E-state index is 12.8. The van der Waals surface area contributed by atoms with E-state index in [1.807, 2.05) is 24.3 Å². The topological polar surface area (TPSA) is 29.1 Å². The fourth-order valence-electron chi connectivity index (χ4n) is 3.77. The third-order valence-electron chi connectivity index (χ3n) is 4.73. The van der Waals surface area contributed by atoms with E-state index in [0.29, 0.717) is 5.92 Å². The molecule has 2 aromatic carbocycles. The van der Waals surface area contributed by atoms with Crippen LogP contribution in [-0.4, -0.2) is 11.8 Å². The predicted molar refractivity (Wildman–Crippen MR) is 83.7 cm³/mol. The van der Waals surface area contributed by atoms with Gasteiger partial charge in [-0.15, -0.1) is 0 Å². The Morgan fingerprint density at radius 3 is 2.57 bits per heavy atom. The summed E-state index contributed by atoms with van der Waals surface area (Å²) in [4.78, 5) is 12.8. The maximum atomic E-state index is 12.8. The van der Waals surface area contributed by atoms with Gasteiger partial charge in [0.1, 0.15) is 0 Å². The number of hydrogen-bond donors (Lipinski definition) is 1. The van der Waals surface area contributed by atoms with Crippen LogP contribution in [0, 0.1) is 0 Å². The second kappa shape index (κ2) is 3.73. The molecule has 2 heteroatoms. The zero-order valence-electron chi connectivity index (χ0n) is 11.3. The molecule has 0 radical (unpaired) electrons. The molecule has 2 aromatic rings. The number of fused-ring (bicyclic) bond motifs is 7. The molecule has 0 bridgehead atoms. The Hall–Kier alpha value is -2.61. The van der Waals surface area contributed by atoms with Crippen molar-refractivity contribution < 1.29 is 4.79 Å². The lowest BCUT2D eigenvalue weighted by Gasteiger charge is -2.15. The number of benzene rings is 2. The maximum Gasteiger partial charge on any atom is 0.196 e. The Balaban J connectivity index is 1.78. The number of nitrogens with one attached hydrogen (secondary N) is 1. The normalized spacial score (nSPS) is 23.3. The molecule has 1 heterocycles. The van der Waals surface area contributed by atoms with E-state index in [1.165, 1.54) is 5.56 Å². The molecule has 2 aliphatic carbocycles. The van der Waals surface area contributed by atoms with Crippen LogP contribution in [-0.2, 0) is 0 Å². The SMILES string of the molecule is O=C1c2ccccc2-c2ccc3c(c21)NC1C=CC=CC31. The Kier molecular flexibility index (Phi) is 1.97. The van der Waals surface area contributed by atoms with Gasteiger partial charge in [0.25, 0.3) is 0 Å². The molecule has 0 aromatic heterocycles. The van der Waals surface area contributed by atoms with Crippen molar-refractivity contribution in [1.29, 1.82) is 0 Å². The minimum absolute atomic E-state index is 0.150. The van der Waals surface area contributed by atoms with E-state index in [9.17, 15) is 4.79 Å². The van der Waals surface area contributed by atoms with Gasteiger partial charge in [-0.2, -0.15) is 0 Å². The molecular weight excluding hydrogens is 258 g/mol. The van der Waals surface area contributed by atoms with Crippen LogP contribution in [0.4, 0.5) is 5.69 Å². The van der Waals surface area contributed by atoms with Gasteiger partial charge in [-0.25, -0.2) is 0 Å². The summed E-state index contributed by atoms with van der Waals surface area (Å²) in [6.07, 6.45) is 8.53. The molecule has 1 aliphatic heterocycles. The van der Waals surface area contributed by atoms with Gasteiger partial charge in [0.2, 0.25) is 0 Å². The van der Waals surface area contributed by atoms with Crippen LogP contribution in [0.25, 0.3) is 11.1 Å². The molecule has 5 rings (SSSR count). The second-order valence-corrected chi connectivity index (χ2v) is 5.79. The van der Waals surface area contributed by atoms with Gasteiger partial charge in [0.05, 0.1) is 17.3 Å². The van der Waals surface area contributed by atoms with Crippen LogP contribution < -0.4 is 5.32 Å². The number of anilines is 1. The minimum Gasteiger partial charge on any atom is -0.377 e. The fourth-order valence-corrected chi connectivity index (χ4v) is 3.77. The van der Waals surface area contributed by atoms with Crippen LogP contribution in [0.15, 0.2) is 60.7 Å². The van der Waals surface area contributed by atoms with E-state index in [-0.39, 0.29) is 11.8 Å². The molecular formula is C19H13NO. The van der Waals surface area contributed by atoms with Crippen LogP contribution >= 0.6 is 0 Å². The van der Waals surface area contributed by atoms with Crippen molar-refractivity contribution in [2.24, 2.45) is 0 Å². The average molecular weight is 271 g/mol. The van der Waals surface area contributed by atoms with Gasteiger partial charge in [0, 0.05) is 11.5 Å². The first-order chi connectivity index (χ1) is 10.3. The minimum atomic E-state index is 0.150. The molecule has 0 amide bonds. The van der Waals surface area contributed by atoms with Crippen molar-refractivity contribution >= 4 is 11.5 Å². The van der Waals surface area contributed by atoms with Gasteiger partial charge in [0.15, 0.2) is 5.78 Å². The smallest absolute Gasteiger partial charge is 0.196 e. The van der Waals surface area contributed by atoms with Crippen LogP contribution in [0.5, 0.6) is 0 Å². The Bertz CT molecular complexity index is 860. The monoisotopic (exact) mass is 271 g/mol. The van der Waals surface area contributed by atoms with Gasteiger partial charge in [-0.3, -0.25) is 4.79 Å². The number of hydrogen-bond acceptors (Lipinski definition) is 2. The summed E-state index contributed by atoms with van der Waals surface area (Å²) in [5, 5.41) is 3.54. The van der Waals surface area contributed by atoms with Crippen molar-refractivity contribution in [1.82, 2.24) is 0 Å². The van der Waals surface area contributed by atoms with E-state index in [2.05, 4.69) is 41.8 Å². The Morgan fingerprint density at radius 1 is 0.857 bits per heavy atom. The molecule has 2 nitrogen and oxygen atoms in total. The van der Waals surface area contributed by atoms with Crippen molar-refractivity contribution in [3.63, 3.8) is 0 Å². The Morgan fingerprint density at radius 2 is 1.67 bits per heavy atom. The highest BCUT2D eigenvalue weighted by Crippen LogP contribution is 2.48. The molecule has 100 valence electrons. The molecule has 0 saturated heterocycles. The lowest BCUT2D eigenvalue weighted by molar-refractivity contribution is 0.104. The zero-order valence-corrected chi connectivity index (χ0v) is 11.3. The second-order valence-electron chi connectivity index (χ2n) is 5.79. The first kappa shape index (κ1) is 11.1. The summed E-state index contributed by atoms with van der Waals surface area (Å²) >= 11 is 0. The van der Waals surface area contributed by atoms with E-state index in [4.69, 9.17) is 0 Å². The van der Waals surface area contributed by atoms with Crippen LogP contribution in [0.2, 0.25) is 0 Å². The molecule has 2 unspecified atom stereocenters. The molecule has 0 fully saturated rings. The first-order valence-electron chi connectivity index (χ1n) is 7.27. The molecule has 1 N–H and O–H groups in total. The number of allylic oxidation sites excluding steroid dienone is 2. The molecule has 0 spiro atoms. The highest BCUT2D eigenvalue weighted by atomic mass is 16.1. The number of ketones is 1. The van der Waals surface area contributed by atoms with E-state index in [1.54, 1.807) is 0 Å². The van der Waals surface area contributed by atoms with Gasteiger partial charge in [-0.05, 0) is 16.7 Å². The fraction of sp³-hybridized carbons (Fsp3) is 0.105. The predicted octanol–water partition coefficient (Wildman–Crippen LogP) is 3.90. The first-order valence-corrected chi connectivity index (χ1v) is 7.27. The summed E-state index contributed by atoms with van der Waals surface area (Å²) in [5.74, 6) is 0.489. The summed E-state index contributed by atoms with van der Waals surface area (Å²) in [5.41, 5.74) is 6.06. The summed E-state index contributed by atoms with van der Waals surface area (Å²) in [7, 11) is 0. The van der Waals surface area contributed by atoms with E-state index in [0.717, 1.165) is 27.9 Å². The lowest BCUT2D eigenvalue weighted by atomic mass is 9.90. The molecule has 3 aliphatic rings. The highest BCUT2D eigenvalue weighted by molar-refractivity contribution is 6.25. The number of rotatable bonds is 0. The van der Waals surface area contributed by atoms with Crippen molar-refractivity contribution in [2.45, 2.75) is 12.0 Å². The quantitative estimate of drug-likeness (QED) is 0.672. The van der Waals surface area contributed by atoms with Crippen LogP contribution in [0.3, 0.4) is 0 Å². The van der Waals surface area contributed by atoms with Gasteiger partial charge >= 0.3 is 0 Å². The number of carbonyl (C=O) groups is 1. The summed E-state index contributed by atoms with van der Waals surface area (Å²) in [6.45, 7) is 0. The largest absolute Gasteiger partial charge is 0.377 e. The van der Waals surface area contributed by atoms with Gasteiger partial charge < -0.3 is 5.32 Å². The van der Waals surface area contributed by atoms with Crippen molar-refractivity contribution in [3.05, 3.63) is 77.4 Å². The van der Waals surface area contributed by atoms with Crippen molar-refractivity contribution in [2.75, 3.05) is 5.32 Å². The zero-order chi connectivity index (χ0) is 14.0. The van der Waals surface area contributed by atoms with Gasteiger partial charge in [-0.1, -0.05) is 60.7 Å². The third kappa shape index (κ3) is 1.30. The lowest BCUT2D eigenvalue weighted by Crippen LogP contribution is -2.17. The average Bonchev–Trinajstić information content (AvgIpc) is 3.04. The molecule has 2 atom stereocenters. The third-order valence-corrected chi connectivity index (χ3v) is 4.73. The van der Waals surface area contributed by atoms with E-state index < -0.39 is 0 Å². The van der Waals surface area contributed by atoms with Crippen molar-refractivity contribution in [3.8, 4) is 11.1 Å². The number of carbonyl (C=O) groups excluding carboxylic acids is 1. The summed E-state index contributed by atoms with van der Waals surface area (Å²) < 4.78 is 0. The Labute approximate surface area is 122 Å². The standard InChI is InChI=1S/C19H13NO/c21-19-15-7-2-1-5-11(15)13-9-10-14-12-6-3-4-8-16(12)20-18(14)17(13)19/h1-10,12,16,20H.